The molecular weight excluding hydrogens is 544 g/mol. The van der Waals surface area contributed by atoms with E-state index < -0.39 is 22.2 Å². The van der Waals surface area contributed by atoms with Gasteiger partial charge in [-0.25, -0.2) is 13.4 Å². The van der Waals surface area contributed by atoms with Crippen LogP contribution in [-0.4, -0.2) is 97.4 Å². The maximum atomic E-state index is 13.8. The van der Waals surface area contributed by atoms with Gasteiger partial charge in [0.2, 0.25) is 15.9 Å². The minimum Gasteiger partial charge on any atom is -0.472 e. The summed E-state index contributed by atoms with van der Waals surface area (Å²) in [6.07, 6.45) is 0.928. The Hall–Kier alpha value is -3.80. The molecule has 4 rings (SSSR count). The van der Waals surface area contributed by atoms with Gasteiger partial charge in [-0.2, -0.15) is 4.31 Å². The fraction of sp³-hybridized carbons (Fsp3) is 0.367. The van der Waals surface area contributed by atoms with E-state index in [1.807, 2.05) is 13.0 Å². The van der Waals surface area contributed by atoms with Crippen LogP contribution in [0.3, 0.4) is 0 Å². The summed E-state index contributed by atoms with van der Waals surface area (Å²) in [5.41, 5.74) is 1.99. The second-order valence-electron chi connectivity index (χ2n) is 10.6. The highest BCUT2D eigenvalue weighted by atomic mass is 32.2. The molecule has 0 saturated heterocycles. The summed E-state index contributed by atoms with van der Waals surface area (Å²) in [7, 11) is 1.06. The van der Waals surface area contributed by atoms with Crippen LogP contribution in [0.1, 0.15) is 34.6 Å². The Kier molecular flexibility index (Phi) is 9.11. The molecule has 11 heteroatoms. The molecule has 1 aliphatic rings. The molecule has 2 amide bonds. The first-order valence-corrected chi connectivity index (χ1v) is 14.8. The number of carbonyl (C=O) groups is 2. The lowest BCUT2D eigenvalue weighted by Gasteiger charge is -2.37. The third kappa shape index (κ3) is 6.42. The number of pyridine rings is 1. The number of fused-ring (bicyclic) bond motifs is 1. The van der Waals surface area contributed by atoms with E-state index in [1.54, 1.807) is 74.6 Å². The van der Waals surface area contributed by atoms with Gasteiger partial charge in [0.1, 0.15) is 11.7 Å². The molecule has 3 aromatic rings. The zero-order valence-electron chi connectivity index (χ0n) is 23.9. The number of hydrogen-bond donors (Lipinski definition) is 1. The average molecular weight is 581 g/mol. The van der Waals surface area contributed by atoms with Crippen molar-refractivity contribution >= 4 is 21.8 Å². The molecule has 41 heavy (non-hydrogen) atoms. The predicted octanol–water partition coefficient (Wildman–Crippen LogP) is 2.99. The smallest absolute Gasteiger partial charge is 0.259 e. The molecule has 218 valence electrons. The van der Waals surface area contributed by atoms with Crippen molar-refractivity contribution in [2.75, 3.05) is 40.8 Å². The lowest BCUT2D eigenvalue weighted by molar-refractivity contribution is 0.0373. The second kappa shape index (κ2) is 12.4. The number of rotatable bonds is 8. The molecule has 3 atom stereocenters. The third-order valence-corrected chi connectivity index (χ3v) is 9.10. The van der Waals surface area contributed by atoms with Crippen molar-refractivity contribution in [2.24, 2.45) is 5.92 Å². The summed E-state index contributed by atoms with van der Waals surface area (Å²) in [5.74, 6) is -0.715. The Morgan fingerprint density at radius 3 is 2.46 bits per heavy atom. The van der Waals surface area contributed by atoms with E-state index in [9.17, 15) is 23.1 Å². The van der Waals surface area contributed by atoms with E-state index >= 15 is 0 Å². The van der Waals surface area contributed by atoms with Gasteiger partial charge in [-0.15, -0.1) is 0 Å². The number of ether oxygens (including phenoxy) is 1. The first-order chi connectivity index (χ1) is 19.4. The number of nitrogens with zero attached hydrogens (tertiary/aromatic N) is 4. The lowest BCUT2D eigenvalue weighted by Crippen LogP contribution is -2.50. The number of carbonyl (C=O) groups excluding carboxylic acids is 2. The third-order valence-electron chi connectivity index (χ3n) is 7.26. The number of amides is 2. The molecule has 0 bridgehead atoms. The summed E-state index contributed by atoms with van der Waals surface area (Å²) >= 11 is 0. The Morgan fingerprint density at radius 1 is 1.10 bits per heavy atom. The van der Waals surface area contributed by atoms with E-state index in [-0.39, 0.29) is 53.8 Å². The largest absolute Gasteiger partial charge is 0.472 e. The second-order valence-corrected chi connectivity index (χ2v) is 12.6. The van der Waals surface area contributed by atoms with E-state index in [0.717, 1.165) is 0 Å². The van der Waals surface area contributed by atoms with Crippen LogP contribution in [0.15, 0.2) is 71.8 Å². The summed E-state index contributed by atoms with van der Waals surface area (Å²) < 4.78 is 34.0. The minimum absolute atomic E-state index is 0.0193. The molecule has 1 N–H and O–H groups in total. The Morgan fingerprint density at radius 2 is 1.80 bits per heavy atom. The highest BCUT2D eigenvalue weighted by Crippen LogP contribution is 2.31. The molecule has 1 aromatic heterocycles. The number of hydrogen-bond acceptors (Lipinski definition) is 7. The van der Waals surface area contributed by atoms with Crippen LogP contribution in [0.5, 0.6) is 5.88 Å². The quantitative estimate of drug-likeness (QED) is 0.435. The molecule has 0 radical (unpaired) electrons. The van der Waals surface area contributed by atoms with E-state index in [1.165, 1.54) is 28.4 Å². The molecule has 0 fully saturated rings. The van der Waals surface area contributed by atoms with Crippen molar-refractivity contribution in [3.63, 3.8) is 0 Å². The van der Waals surface area contributed by atoms with Crippen molar-refractivity contribution < 1.29 is 27.9 Å². The van der Waals surface area contributed by atoms with Crippen LogP contribution in [0.25, 0.3) is 11.1 Å². The van der Waals surface area contributed by atoms with E-state index in [4.69, 9.17) is 4.74 Å². The minimum atomic E-state index is -3.78. The molecule has 2 aromatic carbocycles. The summed E-state index contributed by atoms with van der Waals surface area (Å²) in [4.78, 5) is 34.0. The summed E-state index contributed by atoms with van der Waals surface area (Å²) in [6.45, 7) is 3.64. The van der Waals surface area contributed by atoms with Gasteiger partial charge >= 0.3 is 0 Å². The van der Waals surface area contributed by atoms with Crippen molar-refractivity contribution in [1.29, 1.82) is 0 Å². The van der Waals surface area contributed by atoms with E-state index in [0.29, 0.717) is 16.7 Å². The van der Waals surface area contributed by atoms with Gasteiger partial charge in [0.05, 0.1) is 24.1 Å². The predicted molar refractivity (Wildman–Crippen MR) is 155 cm³/mol. The fourth-order valence-corrected chi connectivity index (χ4v) is 5.90. The SMILES string of the molecule is C[C@@H]1CN([C@@H](C)CO)C(=O)c2cc(-c3cccc(C(=O)N(C)C)c3)cnc2O[C@@H]1CN(C)S(=O)(=O)c1ccccc1. The number of sulfonamides is 1. The number of aliphatic hydroxyl groups excluding tert-OH is 1. The molecule has 0 spiro atoms. The van der Waals surface area contributed by atoms with Crippen LogP contribution in [0.2, 0.25) is 0 Å². The number of aromatic nitrogens is 1. The number of likely N-dealkylation sites (N-methyl/N-ethyl adjacent to an activating group) is 1. The van der Waals surface area contributed by atoms with Crippen molar-refractivity contribution in [3.05, 3.63) is 78.0 Å². The van der Waals surface area contributed by atoms with Gasteiger partial charge in [-0.3, -0.25) is 9.59 Å². The lowest BCUT2D eigenvalue weighted by atomic mass is 9.99. The number of aliphatic hydroxyl groups is 1. The van der Waals surface area contributed by atoms with Crippen LogP contribution >= 0.6 is 0 Å². The monoisotopic (exact) mass is 580 g/mol. The maximum absolute atomic E-state index is 13.8. The van der Waals surface area contributed by atoms with Crippen molar-refractivity contribution in [3.8, 4) is 17.0 Å². The highest BCUT2D eigenvalue weighted by molar-refractivity contribution is 7.89. The summed E-state index contributed by atoms with van der Waals surface area (Å²) in [6, 6.07) is 16.4. The molecule has 0 aliphatic carbocycles. The molecule has 2 heterocycles. The van der Waals surface area contributed by atoms with Gasteiger partial charge < -0.3 is 19.6 Å². The van der Waals surface area contributed by atoms with Crippen LogP contribution in [-0.2, 0) is 10.0 Å². The zero-order valence-corrected chi connectivity index (χ0v) is 24.7. The molecule has 1 aliphatic heterocycles. The average Bonchev–Trinajstić information content (AvgIpc) is 2.98. The molecule has 10 nitrogen and oxygen atoms in total. The van der Waals surface area contributed by atoms with Crippen LogP contribution in [0.4, 0.5) is 0 Å². The standard InChI is InChI=1S/C30H36N4O6S/c1-20-17-34(21(2)19-35)30(37)26-15-24(22-10-9-11-23(14-22)29(36)32(3)4)16-31-28(26)40-27(20)18-33(5)41(38,39)25-12-7-6-8-13-25/h6-16,20-21,27,35H,17-19H2,1-5H3/t20-,21+,27-/m1/s1. The molecule has 0 unspecified atom stereocenters. The van der Waals surface area contributed by atoms with Crippen LogP contribution in [0, 0.1) is 5.92 Å². The van der Waals surface area contributed by atoms with E-state index in [2.05, 4.69) is 4.98 Å². The normalized spacial score (nSPS) is 18.2. The topological polar surface area (TPSA) is 120 Å². The zero-order chi connectivity index (χ0) is 29.9. The number of benzene rings is 2. The van der Waals surface area contributed by atoms with Crippen LogP contribution < -0.4 is 4.74 Å². The Balaban J connectivity index is 1.73. The molecular formula is C30H36N4O6S. The first kappa shape index (κ1) is 30.2. The molecule has 0 saturated carbocycles. The maximum Gasteiger partial charge on any atom is 0.259 e. The Labute approximate surface area is 241 Å². The van der Waals surface area contributed by atoms with Gasteiger partial charge in [0, 0.05) is 50.9 Å². The van der Waals surface area contributed by atoms with Gasteiger partial charge in [0.15, 0.2) is 0 Å². The Bertz CT molecular complexity index is 1510. The van der Waals surface area contributed by atoms with Crippen molar-refractivity contribution in [2.45, 2.75) is 30.9 Å². The first-order valence-electron chi connectivity index (χ1n) is 13.4. The fourth-order valence-electron chi connectivity index (χ4n) is 4.69. The summed E-state index contributed by atoms with van der Waals surface area (Å²) in [5, 5.41) is 9.94. The van der Waals surface area contributed by atoms with Gasteiger partial charge in [-0.05, 0) is 42.8 Å². The highest BCUT2D eigenvalue weighted by Gasteiger charge is 2.36. The van der Waals surface area contributed by atoms with Crippen molar-refractivity contribution in [1.82, 2.24) is 19.1 Å². The van der Waals surface area contributed by atoms with Gasteiger partial charge in [0.25, 0.3) is 11.8 Å². The van der Waals surface area contributed by atoms with Gasteiger partial charge in [-0.1, -0.05) is 37.3 Å².